The van der Waals surface area contributed by atoms with Crippen molar-refractivity contribution in [1.29, 1.82) is 0 Å². The Kier molecular flexibility index (Phi) is 5.43. The first kappa shape index (κ1) is 14.6. The predicted molar refractivity (Wildman–Crippen MR) is 78.3 cm³/mol. The smallest absolute Gasteiger partial charge is 0.122 e. The van der Waals surface area contributed by atoms with E-state index in [1.807, 2.05) is 6.07 Å². The van der Waals surface area contributed by atoms with Crippen LogP contribution in [0.15, 0.2) is 22.8 Å². The minimum Gasteiger partial charge on any atom is -0.468 e. The Balaban J connectivity index is 2.13. The lowest BCUT2D eigenvalue weighted by molar-refractivity contribution is 0.0746. The fraction of sp³-hybridized carbons (Fsp3) is 0.733. The molecule has 0 saturated carbocycles. The first-order valence-electron chi connectivity index (χ1n) is 7.48. The highest BCUT2D eigenvalue weighted by molar-refractivity contribution is 5.07. The minimum atomic E-state index is 0.368. The molecule has 0 aromatic carbocycles. The van der Waals surface area contributed by atoms with Crippen molar-refractivity contribution in [2.75, 3.05) is 39.3 Å². The van der Waals surface area contributed by atoms with E-state index >= 15 is 0 Å². The zero-order chi connectivity index (χ0) is 13.7. The van der Waals surface area contributed by atoms with Crippen LogP contribution in [-0.4, -0.2) is 55.1 Å². The number of furan rings is 1. The van der Waals surface area contributed by atoms with Crippen LogP contribution < -0.4 is 5.32 Å². The number of piperazine rings is 1. The van der Waals surface area contributed by atoms with Crippen LogP contribution in [0.4, 0.5) is 0 Å². The lowest BCUT2D eigenvalue weighted by atomic mass is 10.1. The average Bonchev–Trinajstić information content (AvgIpc) is 2.95. The second-order valence-corrected chi connectivity index (χ2v) is 5.31. The van der Waals surface area contributed by atoms with Gasteiger partial charge in [0, 0.05) is 32.2 Å². The molecule has 0 amide bonds. The first-order chi connectivity index (χ1) is 9.26. The van der Waals surface area contributed by atoms with E-state index in [1.54, 1.807) is 6.26 Å². The van der Waals surface area contributed by atoms with Crippen molar-refractivity contribution in [2.24, 2.45) is 0 Å². The van der Waals surface area contributed by atoms with E-state index in [4.69, 9.17) is 4.42 Å². The SMILES string of the molecule is CCN(CC)CC(c1ccco1)N1CCNCC1C. The molecule has 0 radical (unpaired) electrons. The Labute approximate surface area is 116 Å². The maximum atomic E-state index is 5.70. The second-order valence-electron chi connectivity index (χ2n) is 5.31. The quantitative estimate of drug-likeness (QED) is 0.852. The molecule has 108 valence electrons. The summed E-state index contributed by atoms with van der Waals surface area (Å²) in [6, 6.07) is 5.03. The highest BCUT2D eigenvalue weighted by Gasteiger charge is 2.29. The maximum Gasteiger partial charge on any atom is 0.122 e. The molecule has 2 rings (SSSR count). The molecule has 1 aliphatic heterocycles. The van der Waals surface area contributed by atoms with Gasteiger partial charge in [-0.1, -0.05) is 13.8 Å². The Morgan fingerprint density at radius 3 is 2.84 bits per heavy atom. The summed E-state index contributed by atoms with van der Waals surface area (Å²) in [7, 11) is 0. The molecule has 0 aliphatic carbocycles. The third kappa shape index (κ3) is 3.59. The Morgan fingerprint density at radius 2 is 2.26 bits per heavy atom. The highest BCUT2D eigenvalue weighted by Crippen LogP contribution is 2.25. The molecule has 1 aromatic heterocycles. The summed E-state index contributed by atoms with van der Waals surface area (Å²) in [6.45, 7) is 13.2. The summed E-state index contributed by atoms with van der Waals surface area (Å²) < 4.78 is 5.70. The summed E-state index contributed by atoms with van der Waals surface area (Å²) in [4.78, 5) is 5.05. The van der Waals surface area contributed by atoms with Crippen molar-refractivity contribution in [3.8, 4) is 0 Å². The molecule has 2 unspecified atom stereocenters. The molecular formula is C15H27N3O. The van der Waals surface area contributed by atoms with Gasteiger partial charge in [-0.05, 0) is 32.1 Å². The molecule has 2 heterocycles. The van der Waals surface area contributed by atoms with Gasteiger partial charge in [-0.25, -0.2) is 0 Å². The Hall–Kier alpha value is -0.840. The van der Waals surface area contributed by atoms with Gasteiger partial charge in [-0.3, -0.25) is 4.90 Å². The molecule has 1 aliphatic rings. The Bertz CT molecular complexity index is 348. The van der Waals surface area contributed by atoms with Gasteiger partial charge in [0.1, 0.15) is 5.76 Å². The van der Waals surface area contributed by atoms with Crippen molar-refractivity contribution in [3.05, 3.63) is 24.2 Å². The van der Waals surface area contributed by atoms with E-state index in [9.17, 15) is 0 Å². The number of likely N-dealkylation sites (N-methyl/N-ethyl adjacent to an activating group) is 1. The van der Waals surface area contributed by atoms with Crippen LogP contribution in [0.25, 0.3) is 0 Å². The van der Waals surface area contributed by atoms with Crippen molar-refractivity contribution in [2.45, 2.75) is 32.9 Å². The molecule has 2 atom stereocenters. The summed E-state index contributed by atoms with van der Waals surface area (Å²) in [5, 5.41) is 3.46. The zero-order valence-electron chi connectivity index (χ0n) is 12.4. The van der Waals surface area contributed by atoms with E-state index in [0.29, 0.717) is 12.1 Å². The molecule has 4 nitrogen and oxygen atoms in total. The van der Waals surface area contributed by atoms with Crippen LogP contribution in [-0.2, 0) is 0 Å². The van der Waals surface area contributed by atoms with Gasteiger partial charge in [-0.15, -0.1) is 0 Å². The van der Waals surface area contributed by atoms with Gasteiger partial charge >= 0.3 is 0 Å². The van der Waals surface area contributed by atoms with E-state index in [1.165, 1.54) is 0 Å². The standard InChI is InChI=1S/C15H27N3O/c1-4-17(5-2)12-14(15-7-6-10-19-15)18-9-8-16-11-13(18)3/h6-7,10,13-14,16H,4-5,8-9,11-12H2,1-3H3. The van der Waals surface area contributed by atoms with E-state index in [-0.39, 0.29) is 0 Å². The third-order valence-electron chi connectivity index (χ3n) is 4.15. The predicted octanol–water partition coefficient (Wildman–Crippen LogP) is 1.96. The van der Waals surface area contributed by atoms with Crippen LogP contribution in [0.3, 0.4) is 0 Å². The van der Waals surface area contributed by atoms with E-state index in [2.05, 4.69) is 42.0 Å². The molecular weight excluding hydrogens is 238 g/mol. The van der Waals surface area contributed by atoms with Gasteiger partial charge in [0.15, 0.2) is 0 Å². The van der Waals surface area contributed by atoms with E-state index in [0.717, 1.165) is 45.0 Å². The summed E-state index contributed by atoms with van der Waals surface area (Å²) >= 11 is 0. The molecule has 4 heteroatoms. The number of nitrogens with one attached hydrogen (secondary N) is 1. The fourth-order valence-electron chi connectivity index (χ4n) is 2.89. The van der Waals surface area contributed by atoms with Gasteiger partial charge < -0.3 is 14.6 Å². The number of hydrogen-bond acceptors (Lipinski definition) is 4. The van der Waals surface area contributed by atoms with Gasteiger partial charge in [0.05, 0.1) is 12.3 Å². The fourth-order valence-corrected chi connectivity index (χ4v) is 2.89. The second kappa shape index (κ2) is 7.08. The summed E-state index contributed by atoms with van der Waals surface area (Å²) in [6.07, 6.45) is 1.79. The molecule has 1 N–H and O–H groups in total. The van der Waals surface area contributed by atoms with Crippen LogP contribution in [0.1, 0.15) is 32.6 Å². The normalized spacial score (nSPS) is 22.8. The number of rotatable bonds is 6. The van der Waals surface area contributed by atoms with Gasteiger partial charge in [0.2, 0.25) is 0 Å². The average molecular weight is 265 g/mol. The molecule has 19 heavy (non-hydrogen) atoms. The third-order valence-corrected chi connectivity index (χ3v) is 4.15. The number of hydrogen-bond donors (Lipinski definition) is 1. The van der Waals surface area contributed by atoms with Crippen LogP contribution in [0.2, 0.25) is 0 Å². The van der Waals surface area contributed by atoms with Crippen LogP contribution in [0.5, 0.6) is 0 Å². The monoisotopic (exact) mass is 265 g/mol. The Morgan fingerprint density at radius 1 is 1.47 bits per heavy atom. The molecule has 0 spiro atoms. The summed E-state index contributed by atoms with van der Waals surface area (Å²) in [5.74, 6) is 1.10. The molecule has 0 bridgehead atoms. The largest absolute Gasteiger partial charge is 0.468 e. The molecule has 1 fully saturated rings. The van der Waals surface area contributed by atoms with E-state index < -0.39 is 0 Å². The molecule has 1 aromatic rings. The van der Waals surface area contributed by atoms with Crippen molar-refractivity contribution >= 4 is 0 Å². The van der Waals surface area contributed by atoms with Gasteiger partial charge in [0.25, 0.3) is 0 Å². The lowest BCUT2D eigenvalue weighted by Gasteiger charge is -2.40. The van der Waals surface area contributed by atoms with Crippen LogP contribution >= 0.6 is 0 Å². The zero-order valence-corrected chi connectivity index (χ0v) is 12.4. The minimum absolute atomic E-state index is 0.368. The van der Waals surface area contributed by atoms with Crippen molar-refractivity contribution < 1.29 is 4.42 Å². The first-order valence-corrected chi connectivity index (χ1v) is 7.48. The maximum absolute atomic E-state index is 5.70. The topological polar surface area (TPSA) is 31.7 Å². The van der Waals surface area contributed by atoms with Crippen LogP contribution in [0, 0.1) is 0 Å². The lowest BCUT2D eigenvalue weighted by Crippen LogP contribution is -2.53. The van der Waals surface area contributed by atoms with Crippen molar-refractivity contribution in [1.82, 2.24) is 15.1 Å². The molecule has 1 saturated heterocycles. The summed E-state index contributed by atoms with van der Waals surface area (Å²) in [5.41, 5.74) is 0. The van der Waals surface area contributed by atoms with Crippen molar-refractivity contribution in [3.63, 3.8) is 0 Å². The van der Waals surface area contributed by atoms with Gasteiger partial charge in [-0.2, -0.15) is 0 Å². The number of nitrogens with zero attached hydrogens (tertiary/aromatic N) is 2. The highest BCUT2D eigenvalue weighted by atomic mass is 16.3.